The highest BCUT2D eigenvalue weighted by Crippen LogP contribution is 2.26. The minimum Gasteiger partial charge on any atom is -0.504 e. The molecule has 2 N–H and O–H groups in total. The molecule has 0 bridgehead atoms. The Morgan fingerprint density at radius 3 is 2.28 bits per heavy atom. The van der Waals surface area contributed by atoms with Crippen LogP contribution >= 0.6 is 0 Å². The Morgan fingerprint density at radius 1 is 0.969 bits per heavy atom. The quantitative estimate of drug-likeness (QED) is 0.397. The van der Waals surface area contributed by atoms with E-state index in [2.05, 4.69) is 5.32 Å². The Labute approximate surface area is 187 Å². The molecule has 0 saturated heterocycles. The van der Waals surface area contributed by atoms with Gasteiger partial charge in [-0.05, 0) is 34.9 Å². The van der Waals surface area contributed by atoms with Gasteiger partial charge in [0.25, 0.3) is 0 Å². The van der Waals surface area contributed by atoms with E-state index in [1.165, 1.54) is 19.3 Å². The molecule has 1 atom stereocenters. The van der Waals surface area contributed by atoms with Crippen LogP contribution < -0.4 is 10.1 Å². The van der Waals surface area contributed by atoms with E-state index >= 15 is 0 Å². The van der Waals surface area contributed by atoms with Crippen molar-refractivity contribution in [1.29, 1.82) is 0 Å². The topological polar surface area (TPSA) is 84.9 Å². The summed E-state index contributed by atoms with van der Waals surface area (Å²) in [7, 11) is 1.45. The number of carbonyl (C=O) groups excluding carboxylic acids is 2. The molecule has 0 aliphatic rings. The molecular formula is C26H25NO5. The maximum atomic E-state index is 12.7. The standard InChI is InChI=1S/C26H25NO5/c1-31-24-17-20(12-14-23(24)28)13-15-25(29)27-22(16-19-8-4-2-5-9-19)26(30)32-18-21-10-6-3-7-11-21/h2-15,17,22,28H,16,18H2,1H3,(H,27,29)/b15-13+/t22-/m0/s1. The number of amides is 1. The zero-order chi connectivity index (χ0) is 22.8. The van der Waals surface area contributed by atoms with Crippen molar-refractivity contribution in [3.05, 3.63) is 102 Å². The van der Waals surface area contributed by atoms with Crippen molar-refractivity contribution in [2.45, 2.75) is 19.1 Å². The average Bonchev–Trinajstić information content (AvgIpc) is 2.83. The van der Waals surface area contributed by atoms with Crippen molar-refractivity contribution in [1.82, 2.24) is 5.32 Å². The van der Waals surface area contributed by atoms with Crippen LogP contribution in [0.5, 0.6) is 11.5 Å². The fourth-order valence-electron chi connectivity index (χ4n) is 3.06. The predicted molar refractivity (Wildman–Crippen MR) is 122 cm³/mol. The molecule has 6 heteroatoms. The molecule has 3 aromatic rings. The lowest BCUT2D eigenvalue weighted by molar-refractivity contribution is -0.148. The molecule has 0 unspecified atom stereocenters. The lowest BCUT2D eigenvalue weighted by Crippen LogP contribution is -2.42. The van der Waals surface area contributed by atoms with E-state index < -0.39 is 17.9 Å². The van der Waals surface area contributed by atoms with Crippen molar-refractivity contribution >= 4 is 18.0 Å². The Kier molecular flexibility index (Phi) is 8.03. The van der Waals surface area contributed by atoms with Gasteiger partial charge in [-0.2, -0.15) is 0 Å². The second-order valence-electron chi connectivity index (χ2n) is 7.11. The zero-order valence-electron chi connectivity index (χ0n) is 17.7. The van der Waals surface area contributed by atoms with Crippen LogP contribution in [0.15, 0.2) is 84.9 Å². The number of nitrogens with one attached hydrogen (secondary N) is 1. The summed E-state index contributed by atoms with van der Waals surface area (Å²) in [5.41, 5.74) is 2.44. The first-order chi connectivity index (χ1) is 15.5. The molecule has 0 aliphatic heterocycles. The van der Waals surface area contributed by atoms with Crippen LogP contribution in [-0.2, 0) is 27.4 Å². The molecule has 164 valence electrons. The van der Waals surface area contributed by atoms with E-state index in [0.717, 1.165) is 11.1 Å². The minimum atomic E-state index is -0.840. The molecule has 1 amide bonds. The summed E-state index contributed by atoms with van der Waals surface area (Å²) in [5.74, 6) is -0.627. The average molecular weight is 431 g/mol. The third-order valence-corrected chi connectivity index (χ3v) is 4.74. The molecule has 0 saturated carbocycles. The van der Waals surface area contributed by atoms with Gasteiger partial charge in [0.05, 0.1) is 7.11 Å². The molecule has 3 rings (SSSR count). The smallest absolute Gasteiger partial charge is 0.329 e. The van der Waals surface area contributed by atoms with E-state index in [0.29, 0.717) is 17.7 Å². The Morgan fingerprint density at radius 2 is 1.62 bits per heavy atom. The maximum absolute atomic E-state index is 12.7. The Balaban J connectivity index is 1.68. The third-order valence-electron chi connectivity index (χ3n) is 4.74. The number of ether oxygens (including phenoxy) is 2. The summed E-state index contributed by atoms with van der Waals surface area (Å²) in [6.07, 6.45) is 3.21. The van der Waals surface area contributed by atoms with Gasteiger partial charge in [0.2, 0.25) is 5.91 Å². The van der Waals surface area contributed by atoms with E-state index in [4.69, 9.17) is 9.47 Å². The van der Waals surface area contributed by atoms with Crippen LogP contribution in [0.4, 0.5) is 0 Å². The van der Waals surface area contributed by atoms with Crippen LogP contribution in [-0.4, -0.2) is 30.1 Å². The van der Waals surface area contributed by atoms with Crippen molar-refractivity contribution in [2.75, 3.05) is 7.11 Å². The zero-order valence-corrected chi connectivity index (χ0v) is 17.7. The molecule has 0 aromatic heterocycles. The van der Waals surface area contributed by atoms with Crippen LogP contribution in [0.1, 0.15) is 16.7 Å². The lowest BCUT2D eigenvalue weighted by Gasteiger charge is -2.17. The van der Waals surface area contributed by atoms with Gasteiger partial charge in [-0.1, -0.05) is 66.7 Å². The van der Waals surface area contributed by atoms with Gasteiger partial charge in [0, 0.05) is 12.5 Å². The second kappa shape index (κ2) is 11.4. The van der Waals surface area contributed by atoms with Crippen LogP contribution in [0.2, 0.25) is 0 Å². The minimum absolute atomic E-state index is 0.0122. The first-order valence-electron chi connectivity index (χ1n) is 10.1. The van der Waals surface area contributed by atoms with Crippen molar-refractivity contribution in [3.8, 4) is 11.5 Å². The highest BCUT2D eigenvalue weighted by atomic mass is 16.5. The molecule has 0 spiro atoms. The van der Waals surface area contributed by atoms with Crippen LogP contribution in [0.25, 0.3) is 6.08 Å². The fraction of sp³-hybridized carbons (Fsp3) is 0.154. The van der Waals surface area contributed by atoms with Crippen LogP contribution in [0, 0.1) is 0 Å². The predicted octanol–water partition coefficient (Wildman–Crippen LogP) is 3.88. The fourth-order valence-corrected chi connectivity index (χ4v) is 3.06. The lowest BCUT2D eigenvalue weighted by atomic mass is 10.1. The number of methoxy groups -OCH3 is 1. The molecule has 0 radical (unpaired) electrons. The van der Waals surface area contributed by atoms with Gasteiger partial charge in [-0.15, -0.1) is 0 Å². The van der Waals surface area contributed by atoms with E-state index in [1.54, 1.807) is 18.2 Å². The largest absolute Gasteiger partial charge is 0.504 e. The SMILES string of the molecule is COc1cc(/C=C/C(=O)N[C@@H](Cc2ccccc2)C(=O)OCc2ccccc2)ccc1O. The van der Waals surface area contributed by atoms with E-state index in [1.807, 2.05) is 60.7 Å². The number of rotatable bonds is 9. The number of benzene rings is 3. The summed E-state index contributed by atoms with van der Waals surface area (Å²) in [6.45, 7) is 0.129. The number of aromatic hydroxyl groups is 1. The molecule has 32 heavy (non-hydrogen) atoms. The number of esters is 1. The van der Waals surface area contributed by atoms with Crippen molar-refractivity contribution < 1.29 is 24.2 Å². The van der Waals surface area contributed by atoms with Gasteiger partial charge < -0.3 is 19.9 Å². The summed E-state index contributed by atoms with van der Waals surface area (Å²) in [5, 5.41) is 12.4. The number of hydrogen-bond acceptors (Lipinski definition) is 5. The van der Waals surface area contributed by atoms with E-state index in [9.17, 15) is 14.7 Å². The first kappa shape index (κ1) is 22.6. The first-order valence-corrected chi connectivity index (χ1v) is 10.1. The van der Waals surface area contributed by atoms with Crippen molar-refractivity contribution in [3.63, 3.8) is 0 Å². The summed E-state index contributed by atoms with van der Waals surface area (Å²) in [4.78, 5) is 25.3. The summed E-state index contributed by atoms with van der Waals surface area (Å²) in [6, 6.07) is 22.7. The van der Waals surface area contributed by atoms with Crippen molar-refractivity contribution in [2.24, 2.45) is 0 Å². The molecule has 6 nitrogen and oxygen atoms in total. The number of phenolic OH excluding ortho intramolecular Hbond substituents is 1. The Bertz CT molecular complexity index is 1060. The highest BCUT2D eigenvalue weighted by Gasteiger charge is 2.22. The summed E-state index contributed by atoms with van der Waals surface area (Å²) < 4.78 is 10.5. The third kappa shape index (κ3) is 6.74. The number of phenols is 1. The van der Waals surface area contributed by atoms with Gasteiger partial charge in [-0.25, -0.2) is 4.79 Å². The molecule has 0 heterocycles. The molecule has 3 aromatic carbocycles. The normalized spacial score (nSPS) is 11.7. The van der Waals surface area contributed by atoms with Crippen LogP contribution in [0.3, 0.4) is 0 Å². The van der Waals surface area contributed by atoms with Gasteiger partial charge >= 0.3 is 5.97 Å². The highest BCUT2D eigenvalue weighted by molar-refractivity contribution is 5.94. The molecule has 0 fully saturated rings. The van der Waals surface area contributed by atoms with E-state index in [-0.39, 0.29) is 12.4 Å². The summed E-state index contributed by atoms with van der Waals surface area (Å²) >= 11 is 0. The molecule has 0 aliphatic carbocycles. The second-order valence-corrected chi connectivity index (χ2v) is 7.11. The molecular weight excluding hydrogens is 406 g/mol. The monoisotopic (exact) mass is 431 g/mol. The van der Waals surface area contributed by atoms with Gasteiger partial charge in [0.1, 0.15) is 12.6 Å². The van der Waals surface area contributed by atoms with Gasteiger partial charge in [-0.3, -0.25) is 4.79 Å². The van der Waals surface area contributed by atoms with Gasteiger partial charge in [0.15, 0.2) is 11.5 Å². The maximum Gasteiger partial charge on any atom is 0.329 e. The Hall–Kier alpha value is -4.06. The number of carbonyl (C=O) groups is 2. The number of hydrogen-bond donors (Lipinski definition) is 2.